The van der Waals surface area contributed by atoms with Crippen LogP contribution in [0.5, 0.6) is 0 Å². The molecule has 2 aliphatic carbocycles. The molecule has 0 unspecified atom stereocenters. The van der Waals surface area contributed by atoms with E-state index in [4.69, 9.17) is 0 Å². The Kier molecular flexibility index (Phi) is 4.16. The van der Waals surface area contributed by atoms with Gasteiger partial charge in [0.05, 0.1) is 0 Å². The van der Waals surface area contributed by atoms with Crippen molar-refractivity contribution in [3.8, 4) is 0 Å². The maximum Gasteiger partial charge on any atom is 0.113 e. The van der Waals surface area contributed by atoms with Crippen molar-refractivity contribution < 1.29 is 0 Å². The molecule has 2 aliphatic rings. The summed E-state index contributed by atoms with van der Waals surface area (Å²) in [5.41, 5.74) is 15.3. The Morgan fingerprint density at radius 2 is 0.963 bits per heavy atom. The highest BCUT2D eigenvalue weighted by Crippen LogP contribution is 2.37. The van der Waals surface area contributed by atoms with Gasteiger partial charge in [-0.1, -0.05) is 58.9 Å². The summed E-state index contributed by atoms with van der Waals surface area (Å²) < 4.78 is 0. The lowest BCUT2D eigenvalue weighted by Gasteiger charge is -2.30. The van der Waals surface area contributed by atoms with Gasteiger partial charge < -0.3 is 0 Å². The molecule has 4 rings (SSSR count). The molecule has 0 nitrogen and oxygen atoms in total. The van der Waals surface area contributed by atoms with Crippen LogP contribution < -0.4 is 10.4 Å². The maximum absolute atomic E-state index is 2.56. The minimum Gasteiger partial charge on any atom is -0.0654 e. The Labute approximate surface area is 166 Å². The summed E-state index contributed by atoms with van der Waals surface area (Å²) in [6, 6.07) is 9.66. The number of aryl methyl sites for hydroxylation is 2. The third-order valence-electron chi connectivity index (χ3n) is 7.30. The molecule has 0 atom stereocenters. The van der Waals surface area contributed by atoms with Crippen LogP contribution in [0.15, 0.2) is 35.4 Å². The SMILES string of the molecule is CC1=C(C)c2c(C)ccc([Si](C)(C)c3ccc(C)c4c3CC(C)=C4C)c2C1. The van der Waals surface area contributed by atoms with Crippen LogP contribution in [0.2, 0.25) is 13.1 Å². The summed E-state index contributed by atoms with van der Waals surface area (Å²) in [5.74, 6) is 0. The second-order valence-electron chi connectivity index (χ2n) is 9.36. The van der Waals surface area contributed by atoms with E-state index in [1.165, 1.54) is 22.3 Å². The normalized spacial score (nSPS) is 16.3. The van der Waals surface area contributed by atoms with Crippen LogP contribution in [-0.4, -0.2) is 8.07 Å². The molecule has 2 aromatic carbocycles. The Morgan fingerprint density at radius 3 is 1.33 bits per heavy atom. The number of hydrogen-bond donors (Lipinski definition) is 0. The average Bonchev–Trinajstić information content (AvgIpc) is 3.06. The van der Waals surface area contributed by atoms with Gasteiger partial charge in [-0.15, -0.1) is 0 Å². The van der Waals surface area contributed by atoms with E-state index in [1.807, 2.05) is 0 Å². The summed E-state index contributed by atoms with van der Waals surface area (Å²) in [7, 11) is -1.79. The van der Waals surface area contributed by atoms with E-state index in [1.54, 1.807) is 43.8 Å². The van der Waals surface area contributed by atoms with E-state index in [0.717, 1.165) is 12.8 Å². The van der Waals surface area contributed by atoms with Crippen LogP contribution in [0.1, 0.15) is 61.1 Å². The third kappa shape index (κ3) is 2.55. The van der Waals surface area contributed by atoms with Crippen molar-refractivity contribution in [2.75, 3.05) is 0 Å². The fraction of sp³-hybridized carbons (Fsp3) is 0.385. The molecule has 0 N–H and O–H groups in total. The second-order valence-corrected chi connectivity index (χ2v) is 13.7. The highest BCUT2D eigenvalue weighted by Gasteiger charge is 2.35. The van der Waals surface area contributed by atoms with Crippen molar-refractivity contribution >= 4 is 29.6 Å². The number of benzene rings is 2. The molecule has 0 radical (unpaired) electrons. The highest BCUT2D eigenvalue weighted by atomic mass is 28.3. The van der Waals surface area contributed by atoms with Crippen molar-refractivity contribution in [3.63, 3.8) is 0 Å². The minimum absolute atomic E-state index is 1.14. The van der Waals surface area contributed by atoms with Crippen molar-refractivity contribution in [1.82, 2.24) is 0 Å². The molecule has 0 saturated carbocycles. The van der Waals surface area contributed by atoms with Crippen molar-refractivity contribution in [2.24, 2.45) is 0 Å². The number of hydrogen-bond acceptors (Lipinski definition) is 0. The van der Waals surface area contributed by atoms with Crippen LogP contribution in [-0.2, 0) is 12.8 Å². The summed E-state index contributed by atoms with van der Waals surface area (Å²) in [5, 5.41) is 3.29. The zero-order valence-corrected chi connectivity index (χ0v) is 19.2. The zero-order valence-electron chi connectivity index (χ0n) is 18.2. The lowest BCUT2D eigenvalue weighted by molar-refractivity contribution is 1.19. The van der Waals surface area contributed by atoms with Gasteiger partial charge in [0.15, 0.2) is 0 Å². The van der Waals surface area contributed by atoms with Crippen LogP contribution in [0.25, 0.3) is 11.1 Å². The molecular formula is C26H32Si. The monoisotopic (exact) mass is 372 g/mol. The first-order valence-corrected chi connectivity index (χ1v) is 13.2. The van der Waals surface area contributed by atoms with E-state index < -0.39 is 8.07 Å². The highest BCUT2D eigenvalue weighted by molar-refractivity contribution is 7.01. The fourth-order valence-corrected chi connectivity index (χ4v) is 8.71. The van der Waals surface area contributed by atoms with Crippen molar-refractivity contribution in [2.45, 2.75) is 67.5 Å². The van der Waals surface area contributed by atoms with E-state index in [0.29, 0.717) is 0 Å². The van der Waals surface area contributed by atoms with E-state index in [2.05, 4.69) is 78.9 Å². The molecule has 0 aliphatic heterocycles. The Bertz CT molecular complexity index is 961. The number of fused-ring (bicyclic) bond motifs is 2. The van der Waals surface area contributed by atoms with Crippen LogP contribution in [0.4, 0.5) is 0 Å². The van der Waals surface area contributed by atoms with Gasteiger partial charge in [0.25, 0.3) is 0 Å². The molecule has 1 heteroatoms. The quantitative estimate of drug-likeness (QED) is 0.582. The molecule has 0 heterocycles. The molecule has 0 aromatic heterocycles. The van der Waals surface area contributed by atoms with Gasteiger partial charge in [0.2, 0.25) is 0 Å². The minimum atomic E-state index is -1.79. The lowest BCUT2D eigenvalue weighted by Crippen LogP contribution is -2.55. The summed E-state index contributed by atoms with van der Waals surface area (Å²) >= 11 is 0. The van der Waals surface area contributed by atoms with Gasteiger partial charge in [0, 0.05) is 0 Å². The van der Waals surface area contributed by atoms with Crippen LogP contribution in [0.3, 0.4) is 0 Å². The third-order valence-corrected chi connectivity index (χ3v) is 10.9. The molecular weight excluding hydrogens is 340 g/mol. The summed E-state index contributed by atoms with van der Waals surface area (Å²) in [6.45, 7) is 18.9. The van der Waals surface area contributed by atoms with Crippen molar-refractivity contribution in [1.29, 1.82) is 0 Å². The molecule has 2 aromatic rings. The largest absolute Gasteiger partial charge is 0.113 e. The molecule has 0 spiro atoms. The lowest BCUT2D eigenvalue weighted by atomic mass is 10.0. The molecule has 0 amide bonds. The van der Waals surface area contributed by atoms with E-state index >= 15 is 0 Å². The fourth-order valence-electron chi connectivity index (χ4n) is 5.48. The van der Waals surface area contributed by atoms with Gasteiger partial charge in [-0.25, -0.2) is 0 Å². The first kappa shape index (κ1) is 18.5. The van der Waals surface area contributed by atoms with Crippen molar-refractivity contribution in [3.05, 3.63) is 68.8 Å². The Hall–Kier alpha value is -1.86. The van der Waals surface area contributed by atoms with Gasteiger partial charge in [0.1, 0.15) is 8.07 Å². The number of rotatable bonds is 2. The van der Waals surface area contributed by atoms with E-state index in [9.17, 15) is 0 Å². The zero-order chi connectivity index (χ0) is 19.7. The first-order chi connectivity index (χ1) is 12.6. The van der Waals surface area contributed by atoms with E-state index in [-0.39, 0.29) is 0 Å². The first-order valence-electron chi connectivity index (χ1n) is 10.2. The maximum atomic E-state index is 2.56. The number of allylic oxidation sites excluding steroid dienone is 4. The molecule has 140 valence electrons. The standard InChI is InChI=1S/C26H32Si/c1-15-9-11-23(21-13-17(3)19(5)25(15)21)27(7,8)24-12-10-16(2)26-20(6)18(4)14-22(24)26/h9-12H,13-14H2,1-8H3. The predicted molar refractivity (Wildman–Crippen MR) is 123 cm³/mol. The Morgan fingerprint density at radius 1 is 0.593 bits per heavy atom. The topological polar surface area (TPSA) is 0 Å². The average molecular weight is 373 g/mol. The van der Waals surface area contributed by atoms with Crippen LogP contribution in [0, 0.1) is 13.8 Å². The molecule has 27 heavy (non-hydrogen) atoms. The predicted octanol–water partition coefficient (Wildman–Crippen LogP) is 5.83. The molecule has 0 saturated heterocycles. The summed E-state index contributed by atoms with van der Waals surface area (Å²) in [6.07, 6.45) is 2.28. The van der Waals surface area contributed by atoms with Gasteiger partial charge >= 0.3 is 0 Å². The van der Waals surface area contributed by atoms with Gasteiger partial charge in [-0.2, -0.15) is 0 Å². The van der Waals surface area contributed by atoms with Crippen LogP contribution >= 0.6 is 0 Å². The smallest absolute Gasteiger partial charge is 0.0654 e. The molecule has 0 fully saturated rings. The molecule has 0 bridgehead atoms. The summed E-state index contributed by atoms with van der Waals surface area (Å²) in [4.78, 5) is 0. The Balaban J connectivity index is 1.93. The van der Waals surface area contributed by atoms with Gasteiger partial charge in [-0.3, -0.25) is 0 Å². The van der Waals surface area contributed by atoms with Gasteiger partial charge in [-0.05, 0) is 98.9 Å². The second kappa shape index (κ2) is 6.07.